The SMILES string of the molecule is O=C(CCCSc1nc2ccccc2c(=O)n1-c1cccc(Cl)c1)NCCCN1CCOCC1. The van der Waals surface area contributed by atoms with Crippen LogP contribution in [0.5, 0.6) is 0 Å². The molecule has 34 heavy (non-hydrogen) atoms. The van der Waals surface area contributed by atoms with Crippen molar-refractivity contribution >= 4 is 40.2 Å². The molecule has 1 aliphatic rings. The molecule has 1 N–H and O–H groups in total. The van der Waals surface area contributed by atoms with Gasteiger partial charge in [-0.25, -0.2) is 4.98 Å². The number of benzene rings is 2. The maximum atomic E-state index is 13.3. The summed E-state index contributed by atoms with van der Waals surface area (Å²) in [6.07, 6.45) is 2.07. The number of aromatic nitrogens is 2. The third-order valence-corrected chi connectivity index (χ3v) is 6.93. The molecule has 2 heterocycles. The summed E-state index contributed by atoms with van der Waals surface area (Å²) in [7, 11) is 0. The van der Waals surface area contributed by atoms with Gasteiger partial charge in [0.2, 0.25) is 5.91 Å². The van der Waals surface area contributed by atoms with Gasteiger partial charge in [-0.15, -0.1) is 0 Å². The van der Waals surface area contributed by atoms with Gasteiger partial charge >= 0.3 is 0 Å². The van der Waals surface area contributed by atoms with E-state index in [1.165, 1.54) is 11.8 Å². The Hall–Kier alpha value is -2.39. The van der Waals surface area contributed by atoms with Gasteiger partial charge in [0.15, 0.2) is 5.16 Å². The molecular weight excluding hydrogens is 472 g/mol. The highest BCUT2D eigenvalue weighted by Gasteiger charge is 2.14. The van der Waals surface area contributed by atoms with Crippen LogP contribution in [0.3, 0.4) is 0 Å². The molecule has 4 rings (SSSR count). The maximum Gasteiger partial charge on any atom is 0.266 e. The van der Waals surface area contributed by atoms with Crippen LogP contribution >= 0.6 is 23.4 Å². The standard InChI is InChI=1S/C25H29ClN4O3S/c26-19-6-3-7-20(18-19)30-24(32)21-8-1-2-9-22(21)28-25(30)34-17-4-10-23(31)27-11-5-12-29-13-15-33-16-14-29/h1-3,6-9,18H,4-5,10-17H2,(H,27,31). The minimum atomic E-state index is -0.131. The largest absolute Gasteiger partial charge is 0.379 e. The number of amides is 1. The van der Waals surface area contributed by atoms with Crippen LogP contribution in [0, 0.1) is 0 Å². The zero-order chi connectivity index (χ0) is 23.8. The fraction of sp³-hybridized carbons (Fsp3) is 0.400. The number of morpholine rings is 1. The van der Waals surface area contributed by atoms with Crippen LogP contribution in [0.25, 0.3) is 16.6 Å². The van der Waals surface area contributed by atoms with E-state index in [1.807, 2.05) is 30.3 Å². The summed E-state index contributed by atoms with van der Waals surface area (Å²) in [5.41, 5.74) is 1.20. The van der Waals surface area contributed by atoms with Crippen molar-refractivity contribution in [3.8, 4) is 5.69 Å². The predicted molar refractivity (Wildman–Crippen MR) is 137 cm³/mol. The minimum Gasteiger partial charge on any atom is -0.379 e. The van der Waals surface area contributed by atoms with Crippen molar-refractivity contribution in [2.45, 2.75) is 24.4 Å². The Kier molecular flexibility index (Phi) is 8.98. The first kappa shape index (κ1) is 24.7. The number of carbonyl (C=O) groups is 1. The quantitative estimate of drug-likeness (QED) is 0.259. The van der Waals surface area contributed by atoms with Crippen LogP contribution in [0.4, 0.5) is 0 Å². The number of rotatable bonds is 10. The zero-order valence-electron chi connectivity index (χ0n) is 19.0. The second-order valence-electron chi connectivity index (χ2n) is 8.14. The van der Waals surface area contributed by atoms with E-state index in [0.717, 1.165) is 39.3 Å². The van der Waals surface area contributed by atoms with Crippen molar-refractivity contribution in [1.29, 1.82) is 0 Å². The fourth-order valence-corrected chi connectivity index (χ4v) is 5.03. The normalized spacial score (nSPS) is 14.4. The van der Waals surface area contributed by atoms with Crippen molar-refractivity contribution in [3.05, 3.63) is 63.9 Å². The van der Waals surface area contributed by atoms with E-state index >= 15 is 0 Å². The van der Waals surface area contributed by atoms with Crippen LogP contribution in [0.15, 0.2) is 58.5 Å². The monoisotopic (exact) mass is 500 g/mol. The summed E-state index contributed by atoms with van der Waals surface area (Å²) in [5.74, 6) is 0.730. The molecule has 0 spiro atoms. The lowest BCUT2D eigenvalue weighted by Crippen LogP contribution is -2.38. The van der Waals surface area contributed by atoms with E-state index in [1.54, 1.807) is 22.8 Å². The number of thioether (sulfide) groups is 1. The van der Waals surface area contributed by atoms with Gasteiger partial charge in [-0.2, -0.15) is 0 Å². The number of nitrogens with one attached hydrogen (secondary N) is 1. The molecule has 0 aliphatic carbocycles. The molecule has 0 saturated carbocycles. The molecule has 180 valence electrons. The average Bonchev–Trinajstić information content (AvgIpc) is 2.85. The molecule has 0 bridgehead atoms. The zero-order valence-corrected chi connectivity index (χ0v) is 20.6. The number of para-hydroxylation sites is 1. The van der Waals surface area contributed by atoms with Crippen LogP contribution in [-0.4, -0.2) is 65.5 Å². The van der Waals surface area contributed by atoms with E-state index in [4.69, 9.17) is 21.3 Å². The van der Waals surface area contributed by atoms with E-state index < -0.39 is 0 Å². The molecule has 3 aromatic rings. The molecule has 2 aromatic carbocycles. The number of carbonyl (C=O) groups excluding carboxylic acids is 1. The molecule has 0 atom stereocenters. The Bertz CT molecular complexity index is 1180. The molecule has 9 heteroatoms. The van der Waals surface area contributed by atoms with Gasteiger partial charge in [-0.05, 0) is 49.7 Å². The number of halogens is 1. The second kappa shape index (κ2) is 12.4. The second-order valence-corrected chi connectivity index (χ2v) is 9.64. The molecule has 0 radical (unpaired) electrons. The van der Waals surface area contributed by atoms with Crippen LogP contribution < -0.4 is 10.9 Å². The van der Waals surface area contributed by atoms with Gasteiger partial charge in [0.25, 0.3) is 5.56 Å². The van der Waals surface area contributed by atoms with E-state index in [9.17, 15) is 9.59 Å². The van der Waals surface area contributed by atoms with E-state index in [0.29, 0.717) is 51.9 Å². The Morgan fingerprint density at radius 3 is 2.76 bits per heavy atom. The van der Waals surface area contributed by atoms with Crippen molar-refractivity contribution in [2.75, 3.05) is 45.1 Å². The number of hydrogen-bond acceptors (Lipinski definition) is 6. The predicted octanol–water partition coefficient (Wildman–Crippen LogP) is 3.75. The molecule has 1 aromatic heterocycles. The van der Waals surface area contributed by atoms with Crippen molar-refractivity contribution in [2.24, 2.45) is 0 Å². The molecule has 1 aliphatic heterocycles. The van der Waals surface area contributed by atoms with Crippen molar-refractivity contribution < 1.29 is 9.53 Å². The number of fused-ring (bicyclic) bond motifs is 1. The molecule has 1 saturated heterocycles. The van der Waals surface area contributed by atoms with E-state index in [-0.39, 0.29) is 11.5 Å². The Morgan fingerprint density at radius 1 is 1.12 bits per heavy atom. The third kappa shape index (κ3) is 6.60. The Morgan fingerprint density at radius 2 is 1.94 bits per heavy atom. The van der Waals surface area contributed by atoms with Gasteiger partial charge in [-0.1, -0.05) is 41.6 Å². The number of hydrogen-bond donors (Lipinski definition) is 1. The average molecular weight is 501 g/mol. The first-order valence-electron chi connectivity index (χ1n) is 11.6. The first-order valence-corrected chi connectivity index (χ1v) is 13.0. The lowest BCUT2D eigenvalue weighted by atomic mass is 10.2. The minimum absolute atomic E-state index is 0.0567. The van der Waals surface area contributed by atoms with Gasteiger partial charge in [-0.3, -0.25) is 19.1 Å². The summed E-state index contributed by atoms with van der Waals surface area (Å²) in [6.45, 7) is 5.18. The van der Waals surface area contributed by atoms with E-state index in [2.05, 4.69) is 10.2 Å². The molecule has 7 nitrogen and oxygen atoms in total. The lowest BCUT2D eigenvalue weighted by Gasteiger charge is -2.26. The summed E-state index contributed by atoms with van der Waals surface area (Å²) in [5, 5.41) is 4.71. The highest BCUT2D eigenvalue weighted by atomic mass is 35.5. The molecule has 1 fully saturated rings. The fourth-order valence-electron chi connectivity index (χ4n) is 3.89. The Labute approximate surface area is 208 Å². The highest BCUT2D eigenvalue weighted by Crippen LogP contribution is 2.23. The van der Waals surface area contributed by atoms with Crippen LogP contribution in [0.2, 0.25) is 5.02 Å². The van der Waals surface area contributed by atoms with Gasteiger partial charge in [0, 0.05) is 36.8 Å². The Balaban J connectivity index is 1.32. The lowest BCUT2D eigenvalue weighted by molar-refractivity contribution is -0.121. The van der Waals surface area contributed by atoms with Crippen LogP contribution in [0.1, 0.15) is 19.3 Å². The maximum absolute atomic E-state index is 13.3. The summed E-state index contributed by atoms with van der Waals surface area (Å²) < 4.78 is 6.96. The van der Waals surface area contributed by atoms with Crippen LogP contribution in [-0.2, 0) is 9.53 Å². The van der Waals surface area contributed by atoms with Crippen molar-refractivity contribution in [3.63, 3.8) is 0 Å². The molecular formula is C25H29ClN4O3S. The molecule has 0 unspecified atom stereocenters. The summed E-state index contributed by atoms with van der Waals surface area (Å²) >= 11 is 7.66. The first-order chi connectivity index (χ1) is 16.6. The number of nitrogens with zero attached hydrogens (tertiary/aromatic N) is 3. The van der Waals surface area contributed by atoms with Crippen molar-refractivity contribution in [1.82, 2.24) is 19.8 Å². The smallest absolute Gasteiger partial charge is 0.266 e. The van der Waals surface area contributed by atoms with Gasteiger partial charge in [0.1, 0.15) is 0 Å². The highest BCUT2D eigenvalue weighted by molar-refractivity contribution is 7.99. The molecule has 1 amide bonds. The summed E-state index contributed by atoms with van der Waals surface area (Å²) in [4.78, 5) is 32.6. The number of ether oxygens (including phenoxy) is 1. The third-order valence-electron chi connectivity index (χ3n) is 5.67. The van der Waals surface area contributed by atoms with Gasteiger partial charge in [0.05, 0.1) is 29.8 Å². The topological polar surface area (TPSA) is 76.5 Å². The summed E-state index contributed by atoms with van der Waals surface area (Å²) in [6, 6.07) is 14.5. The van der Waals surface area contributed by atoms with Gasteiger partial charge < -0.3 is 10.1 Å².